The lowest BCUT2D eigenvalue weighted by atomic mass is 10.2. The first-order chi connectivity index (χ1) is 5.95. The van der Waals surface area contributed by atoms with Crippen LogP contribution < -0.4 is 0 Å². The van der Waals surface area contributed by atoms with Gasteiger partial charge in [-0.2, -0.15) is 0 Å². The minimum atomic E-state index is 0.711. The number of hydrogen-bond acceptors (Lipinski definition) is 1. The van der Waals surface area contributed by atoms with Crippen molar-refractivity contribution < 1.29 is 4.74 Å². The Kier molecular flexibility index (Phi) is 1.10. The molecule has 0 spiro atoms. The Balaban J connectivity index is 2.44. The fraction of sp³-hybridized carbons (Fsp3) is 0.200. The third-order valence-corrected chi connectivity index (χ3v) is 2.37. The summed E-state index contributed by atoms with van der Waals surface area (Å²) in [7, 11) is 0. The van der Waals surface area contributed by atoms with Crippen molar-refractivity contribution in [1.82, 2.24) is 4.57 Å². The SMILES string of the molecule is c1ccc2c(c1)cc1n2COC1. The number of aromatic nitrogens is 1. The zero-order valence-corrected chi connectivity index (χ0v) is 6.66. The molecule has 2 heteroatoms. The molecule has 0 amide bonds. The Morgan fingerprint density at radius 3 is 3.17 bits per heavy atom. The molecule has 0 bridgehead atoms. The third-order valence-electron chi connectivity index (χ3n) is 2.37. The van der Waals surface area contributed by atoms with E-state index in [1.54, 1.807) is 0 Å². The summed E-state index contributed by atoms with van der Waals surface area (Å²) in [5.41, 5.74) is 2.57. The van der Waals surface area contributed by atoms with Gasteiger partial charge in [-0.3, -0.25) is 0 Å². The Bertz CT molecular complexity index is 430. The van der Waals surface area contributed by atoms with Crippen molar-refractivity contribution in [3.8, 4) is 0 Å². The van der Waals surface area contributed by atoms with Crippen molar-refractivity contribution >= 4 is 10.9 Å². The number of nitrogens with zero attached hydrogens (tertiary/aromatic N) is 1. The topological polar surface area (TPSA) is 14.2 Å². The van der Waals surface area contributed by atoms with E-state index in [2.05, 4.69) is 34.9 Å². The number of hydrogen-bond donors (Lipinski definition) is 0. The molecule has 1 aromatic carbocycles. The molecule has 0 N–H and O–H groups in total. The molecule has 2 aromatic rings. The summed E-state index contributed by atoms with van der Waals surface area (Å²) in [5, 5.41) is 1.32. The second kappa shape index (κ2) is 2.11. The molecule has 0 saturated carbocycles. The standard InChI is InChI=1S/C10H9NO/c1-2-4-10-8(3-1)5-9-6-12-7-11(9)10/h1-5H,6-7H2. The van der Waals surface area contributed by atoms with Gasteiger partial charge in [0, 0.05) is 11.1 Å². The molecule has 0 fully saturated rings. The number of fused-ring (bicyclic) bond motifs is 3. The van der Waals surface area contributed by atoms with Crippen molar-refractivity contribution in [3.63, 3.8) is 0 Å². The van der Waals surface area contributed by atoms with Gasteiger partial charge in [-0.1, -0.05) is 18.2 Å². The first kappa shape index (κ1) is 6.26. The van der Waals surface area contributed by atoms with Crippen LogP contribution in [-0.4, -0.2) is 4.57 Å². The van der Waals surface area contributed by atoms with Gasteiger partial charge in [0.05, 0.1) is 12.1 Å². The third kappa shape index (κ3) is 0.676. The largest absolute Gasteiger partial charge is 0.355 e. The first-order valence-corrected chi connectivity index (χ1v) is 4.10. The van der Waals surface area contributed by atoms with E-state index < -0.39 is 0 Å². The van der Waals surface area contributed by atoms with Crippen LogP contribution in [0.15, 0.2) is 30.3 Å². The van der Waals surface area contributed by atoms with E-state index in [1.165, 1.54) is 16.6 Å². The van der Waals surface area contributed by atoms with Crippen LogP contribution in [0.5, 0.6) is 0 Å². The summed E-state index contributed by atoms with van der Waals surface area (Å²) in [6.07, 6.45) is 0. The van der Waals surface area contributed by atoms with Crippen molar-refractivity contribution in [2.75, 3.05) is 0 Å². The second-order valence-corrected chi connectivity index (χ2v) is 3.10. The predicted octanol–water partition coefficient (Wildman–Crippen LogP) is 2.13. The van der Waals surface area contributed by atoms with Crippen LogP contribution >= 0.6 is 0 Å². The van der Waals surface area contributed by atoms with Gasteiger partial charge in [-0.25, -0.2) is 0 Å². The van der Waals surface area contributed by atoms with Crippen LogP contribution in [0, 0.1) is 0 Å². The van der Waals surface area contributed by atoms with Crippen molar-refractivity contribution in [2.45, 2.75) is 13.3 Å². The van der Waals surface area contributed by atoms with Gasteiger partial charge in [0.15, 0.2) is 0 Å². The van der Waals surface area contributed by atoms with Crippen LogP contribution in [0.25, 0.3) is 10.9 Å². The summed E-state index contributed by atoms with van der Waals surface area (Å²) in [4.78, 5) is 0. The van der Waals surface area contributed by atoms with Gasteiger partial charge in [0.1, 0.15) is 6.73 Å². The number of benzene rings is 1. The summed E-state index contributed by atoms with van der Waals surface area (Å²) in [5.74, 6) is 0. The molecule has 12 heavy (non-hydrogen) atoms. The Labute approximate surface area is 70.4 Å². The highest BCUT2D eigenvalue weighted by Gasteiger charge is 2.13. The molecule has 1 aromatic heterocycles. The minimum Gasteiger partial charge on any atom is -0.355 e. The Morgan fingerprint density at radius 1 is 1.25 bits per heavy atom. The molecular weight excluding hydrogens is 150 g/mol. The lowest BCUT2D eigenvalue weighted by Crippen LogP contribution is -1.90. The van der Waals surface area contributed by atoms with Crippen LogP contribution in [0.1, 0.15) is 5.69 Å². The fourth-order valence-electron chi connectivity index (χ4n) is 1.78. The van der Waals surface area contributed by atoms with E-state index in [0.717, 1.165) is 6.61 Å². The maximum absolute atomic E-state index is 5.33. The van der Waals surface area contributed by atoms with Gasteiger partial charge in [-0.15, -0.1) is 0 Å². The molecular formula is C10H9NO. The van der Waals surface area contributed by atoms with Crippen molar-refractivity contribution in [3.05, 3.63) is 36.0 Å². The highest BCUT2D eigenvalue weighted by Crippen LogP contribution is 2.23. The number of rotatable bonds is 0. The maximum Gasteiger partial charge on any atom is 0.123 e. The average molecular weight is 159 g/mol. The molecule has 60 valence electrons. The van der Waals surface area contributed by atoms with Gasteiger partial charge in [0.2, 0.25) is 0 Å². The summed E-state index contributed by atoms with van der Waals surface area (Å²) in [6.45, 7) is 1.47. The summed E-state index contributed by atoms with van der Waals surface area (Å²) < 4.78 is 7.54. The normalized spacial score (nSPS) is 15.3. The average Bonchev–Trinajstić information content (AvgIpc) is 2.62. The van der Waals surface area contributed by atoms with E-state index in [1.807, 2.05) is 0 Å². The summed E-state index contributed by atoms with van der Waals surface area (Å²) in [6, 6.07) is 10.6. The van der Waals surface area contributed by atoms with Crippen LogP contribution in [0.2, 0.25) is 0 Å². The lowest BCUT2D eigenvalue weighted by Gasteiger charge is -1.96. The van der Waals surface area contributed by atoms with Crippen molar-refractivity contribution in [1.29, 1.82) is 0 Å². The van der Waals surface area contributed by atoms with E-state index in [9.17, 15) is 0 Å². The van der Waals surface area contributed by atoms with Crippen LogP contribution in [0.4, 0.5) is 0 Å². The van der Waals surface area contributed by atoms with Gasteiger partial charge in [0.25, 0.3) is 0 Å². The zero-order valence-electron chi connectivity index (χ0n) is 6.66. The fourth-order valence-corrected chi connectivity index (χ4v) is 1.78. The Morgan fingerprint density at radius 2 is 2.17 bits per heavy atom. The molecule has 2 nitrogen and oxygen atoms in total. The summed E-state index contributed by atoms with van der Waals surface area (Å²) >= 11 is 0. The minimum absolute atomic E-state index is 0.711. The van der Waals surface area contributed by atoms with E-state index in [0.29, 0.717) is 6.73 Å². The molecule has 0 saturated heterocycles. The highest BCUT2D eigenvalue weighted by molar-refractivity contribution is 5.81. The molecule has 1 aliphatic heterocycles. The van der Waals surface area contributed by atoms with E-state index in [4.69, 9.17) is 4.74 Å². The smallest absolute Gasteiger partial charge is 0.123 e. The molecule has 0 atom stereocenters. The number of para-hydroxylation sites is 1. The maximum atomic E-state index is 5.33. The number of ether oxygens (including phenoxy) is 1. The Hall–Kier alpha value is -1.28. The molecule has 2 heterocycles. The zero-order chi connectivity index (χ0) is 7.97. The van der Waals surface area contributed by atoms with E-state index >= 15 is 0 Å². The molecule has 1 aliphatic rings. The van der Waals surface area contributed by atoms with Gasteiger partial charge >= 0.3 is 0 Å². The lowest BCUT2D eigenvalue weighted by molar-refractivity contribution is 0.110. The van der Waals surface area contributed by atoms with Crippen molar-refractivity contribution in [2.24, 2.45) is 0 Å². The molecule has 0 aliphatic carbocycles. The van der Waals surface area contributed by atoms with Gasteiger partial charge < -0.3 is 9.30 Å². The predicted molar refractivity (Wildman–Crippen MR) is 46.7 cm³/mol. The van der Waals surface area contributed by atoms with Crippen LogP contribution in [-0.2, 0) is 18.1 Å². The van der Waals surface area contributed by atoms with Gasteiger partial charge in [-0.05, 0) is 12.1 Å². The highest BCUT2D eigenvalue weighted by atomic mass is 16.5. The molecule has 3 rings (SSSR count). The second-order valence-electron chi connectivity index (χ2n) is 3.10. The quantitative estimate of drug-likeness (QED) is 0.574. The van der Waals surface area contributed by atoms with E-state index in [-0.39, 0.29) is 0 Å². The monoisotopic (exact) mass is 159 g/mol. The molecule has 0 unspecified atom stereocenters. The molecule has 0 radical (unpaired) electrons. The first-order valence-electron chi connectivity index (χ1n) is 4.10. The van der Waals surface area contributed by atoms with Crippen LogP contribution in [0.3, 0.4) is 0 Å².